The quantitative estimate of drug-likeness (QED) is 0.379. The highest BCUT2D eigenvalue weighted by Gasteiger charge is 1.73. The maximum absolute atomic E-state index is 3.61. The fraction of sp³-hybridized carbons (Fsp3) is 0.625. The van der Waals surface area contributed by atoms with Crippen molar-refractivity contribution in [2.24, 2.45) is 10.9 Å². The number of hydrogen-bond acceptors (Lipinski definition) is 1. The molecule has 0 aromatic rings. The Bertz CT molecular complexity index is 68.6. The molecule has 0 aromatic heterocycles. The minimum atomic E-state index is 0.648. The van der Waals surface area contributed by atoms with Crippen molar-refractivity contribution in [1.29, 1.82) is 0 Å². The molecule has 0 aliphatic carbocycles. The Hall–Kier alpha value is -0.590. The lowest BCUT2D eigenvalue weighted by Gasteiger charge is -1.84. The van der Waals surface area contributed by atoms with E-state index in [0.717, 1.165) is 0 Å². The minimum Gasteiger partial charge on any atom is -0.301 e. The molecule has 0 heterocycles. The summed E-state index contributed by atoms with van der Waals surface area (Å²) in [5.41, 5.74) is 0. The zero-order valence-corrected chi connectivity index (χ0v) is 6.89. The molecule has 0 bridgehead atoms. The Kier molecular flexibility index (Phi) is 13.0. The van der Waals surface area contributed by atoms with Crippen molar-refractivity contribution < 1.29 is 0 Å². The molecule has 0 saturated heterocycles. The number of allylic oxidation sites excluding steroid dienone is 1. The van der Waals surface area contributed by atoms with Gasteiger partial charge in [0.2, 0.25) is 0 Å². The van der Waals surface area contributed by atoms with E-state index in [9.17, 15) is 0 Å². The number of rotatable bonds is 1. The molecule has 0 saturated carbocycles. The van der Waals surface area contributed by atoms with Crippen molar-refractivity contribution in [3.8, 4) is 0 Å². The van der Waals surface area contributed by atoms with Gasteiger partial charge in [0.25, 0.3) is 0 Å². The van der Waals surface area contributed by atoms with Gasteiger partial charge >= 0.3 is 0 Å². The van der Waals surface area contributed by atoms with Crippen LogP contribution in [0.1, 0.15) is 20.8 Å². The summed E-state index contributed by atoms with van der Waals surface area (Å²) in [5.74, 6) is 0.648. The highest BCUT2D eigenvalue weighted by atomic mass is 14.6. The lowest BCUT2D eigenvalue weighted by molar-refractivity contribution is 0.835. The second kappa shape index (κ2) is 10.4. The molecule has 1 nitrogen and oxygen atoms in total. The molecule has 0 spiro atoms. The standard InChI is InChI=1S/C5H10.C3H7N/c1-4-5(2)3;1-3-4-2/h4-5H,1H2,2-3H3;3H,1-2H3. The zero-order valence-electron chi connectivity index (χ0n) is 6.89. The first-order valence-electron chi connectivity index (χ1n) is 3.18. The normalized spacial score (nSPS) is 9.00. The summed E-state index contributed by atoms with van der Waals surface area (Å²) in [7, 11) is 1.75. The van der Waals surface area contributed by atoms with Crippen molar-refractivity contribution in [3.63, 3.8) is 0 Å². The van der Waals surface area contributed by atoms with Crippen LogP contribution in [-0.4, -0.2) is 13.3 Å². The van der Waals surface area contributed by atoms with Crippen molar-refractivity contribution >= 4 is 6.21 Å². The third-order valence-electron chi connectivity index (χ3n) is 0.730. The van der Waals surface area contributed by atoms with E-state index in [1.165, 1.54) is 0 Å². The molecule has 9 heavy (non-hydrogen) atoms. The third-order valence-corrected chi connectivity index (χ3v) is 0.730. The molecule has 0 unspecified atom stereocenters. The molecule has 0 aliphatic rings. The van der Waals surface area contributed by atoms with Gasteiger partial charge in [-0.15, -0.1) is 6.58 Å². The topological polar surface area (TPSA) is 12.4 Å². The summed E-state index contributed by atoms with van der Waals surface area (Å²) in [4.78, 5) is 3.61. The smallest absolute Gasteiger partial charge is 0.0273 e. The Morgan fingerprint density at radius 2 is 1.67 bits per heavy atom. The van der Waals surface area contributed by atoms with Crippen LogP contribution in [-0.2, 0) is 0 Å². The molecule has 1 heteroatoms. The molecule has 0 aliphatic heterocycles. The van der Waals surface area contributed by atoms with Crippen molar-refractivity contribution in [1.82, 2.24) is 0 Å². The zero-order chi connectivity index (χ0) is 7.70. The van der Waals surface area contributed by atoms with Crippen molar-refractivity contribution in [2.75, 3.05) is 7.05 Å². The molecular weight excluding hydrogens is 110 g/mol. The first kappa shape index (κ1) is 11.2. The second-order valence-electron chi connectivity index (χ2n) is 2.00. The molecule has 54 valence electrons. The van der Waals surface area contributed by atoms with Crippen LogP contribution in [0.25, 0.3) is 0 Å². The van der Waals surface area contributed by atoms with E-state index in [1.807, 2.05) is 13.0 Å². The first-order valence-corrected chi connectivity index (χ1v) is 3.18. The second-order valence-corrected chi connectivity index (χ2v) is 2.00. The summed E-state index contributed by atoms with van der Waals surface area (Å²) < 4.78 is 0. The Balaban J connectivity index is 0. The number of hydrogen-bond donors (Lipinski definition) is 0. The highest BCUT2D eigenvalue weighted by Crippen LogP contribution is 1.87. The average Bonchev–Trinajstić information content (AvgIpc) is 1.89. The summed E-state index contributed by atoms with van der Waals surface area (Å²) in [6.07, 6.45) is 3.67. The van der Waals surface area contributed by atoms with Crippen LogP contribution in [0.3, 0.4) is 0 Å². The van der Waals surface area contributed by atoms with Crippen LogP contribution < -0.4 is 0 Å². The van der Waals surface area contributed by atoms with E-state index in [1.54, 1.807) is 13.3 Å². The van der Waals surface area contributed by atoms with Crippen LogP contribution in [0.15, 0.2) is 17.6 Å². The van der Waals surface area contributed by atoms with E-state index in [-0.39, 0.29) is 0 Å². The molecule has 0 rings (SSSR count). The Morgan fingerprint density at radius 1 is 1.44 bits per heavy atom. The lowest BCUT2D eigenvalue weighted by atomic mass is 10.2. The van der Waals surface area contributed by atoms with Crippen LogP contribution in [0.4, 0.5) is 0 Å². The van der Waals surface area contributed by atoms with E-state index in [2.05, 4.69) is 25.4 Å². The maximum Gasteiger partial charge on any atom is 0.0273 e. The summed E-state index contributed by atoms with van der Waals surface area (Å²) in [6, 6.07) is 0. The van der Waals surface area contributed by atoms with E-state index >= 15 is 0 Å². The monoisotopic (exact) mass is 127 g/mol. The van der Waals surface area contributed by atoms with Gasteiger partial charge in [-0.3, -0.25) is 0 Å². The van der Waals surface area contributed by atoms with E-state index < -0.39 is 0 Å². The number of aliphatic imine (C=N–C) groups is 1. The molecule has 0 aromatic carbocycles. The van der Waals surface area contributed by atoms with Gasteiger partial charge in [-0.25, -0.2) is 0 Å². The van der Waals surface area contributed by atoms with Crippen LogP contribution in [0, 0.1) is 5.92 Å². The maximum atomic E-state index is 3.61. The summed E-state index contributed by atoms with van der Waals surface area (Å²) in [5, 5.41) is 0. The van der Waals surface area contributed by atoms with Crippen LogP contribution in [0.2, 0.25) is 0 Å². The van der Waals surface area contributed by atoms with Gasteiger partial charge in [-0.05, 0) is 19.1 Å². The van der Waals surface area contributed by atoms with Gasteiger partial charge in [-0.1, -0.05) is 19.9 Å². The van der Waals surface area contributed by atoms with E-state index in [0.29, 0.717) is 5.92 Å². The lowest BCUT2D eigenvalue weighted by Crippen LogP contribution is -1.71. The molecule has 0 atom stereocenters. The summed E-state index contributed by atoms with van der Waals surface area (Å²) in [6.45, 7) is 9.66. The van der Waals surface area contributed by atoms with Gasteiger partial charge in [0.15, 0.2) is 0 Å². The minimum absolute atomic E-state index is 0.648. The Morgan fingerprint density at radius 3 is 1.67 bits per heavy atom. The van der Waals surface area contributed by atoms with E-state index in [4.69, 9.17) is 0 Å². The van der Waals surface area contributed by atoms with Gasteiger partial charge in [0.05, 0.1) is 0 Å². The molecule has 0 radical (unpaired) electrons. The van der Waals surface area contributed by atoms with Crippen LogP contribution >= 0.6 is 0 Å². The first-order chi connectivity index (χ1) is 4.18. The molecule has 0 amide bonds. The van der Waals surface area contributed by atoms with Gasteiger partial charge in [0, 0.05) is 7.05 Å². The molecule has 0 fully saturated rings. The Labute approximate surface area is 58.5 Å². The fourth-order valence-corrected chi connectivity index (χ4v) is 0. The van der Waals surface area contributed by atoms with Gasteiger partial charge < -0.3 is 4.99 Å². The van der Waals surface area contributed by atoms with Crippen molar-refractivity contribution in [3.05, 3.63) is 12.7 Å². The molecular formula is C8H17N. The summed E-state index contributed by atoms with van der Waals surface area (Å²) >= 11 is 0. The third kappa shape index (κ3) is 37.3. The largest absolute Gasteiger partial charge is 0.301 e. The highest BCUT2D eigenvalue weighted by molar-refractivity contribution is 5.52. The predicted molar refractivity (Wildman–Crippen MR) is 45.1 cm³/mol. The average molecular weight is 127 g/mol. The fourth-order valence-electron chi connectivity index (χ4n) is 0. The van der Waals surface area contributed by atoms with Gasteiger partial charge in [-0.2, -0.15) is 0 Å². The predicted octanol–water partition coefficient (Wildman–Crippen LogP) is 2.54. The molecule has 0 N–H and O–H groups in total. The number of nitrogens with zero attached hydrogens (tertiary/aromatic N) is 1. The van der Waals surface area contributed by atoms with Gasteiger partial charge in [0.1, 0.15) is 0 Å². The van der Waals surface area contributed by atoms with Crippen molar-refractivity contribution in [2.45, 2.75) is 20.8 Å². The SMILES string of the molecule is C=CC(C)C.CC=NC. The van der Waals surface area contributed by atoms with Crippen LogP contribution in [0.5, 0.6) is 0 Å².